The number of para-hydroxylation sites is 2. The second-order valence-electron chi connectivity index (χ2n) is 12.8. The van der Waals surface area contributed by atoms with Crippen molar-refractivity contribution in [3.8, 4) is 39.9 Å². The van der Waals surface area contributed by atoms with Crippen molar-refractivity contribution >= 4 is 84.8 Å². The SMILES string of the molecule is c1ccc(-c2nc(-c3ccccc3)nc(-c3cccc4c3sc3c4ccc4sc5ccc(-n6c7ccccc7c7ccccc76)cc5c43)n2)cc1. The zero-order valence-electron chi connectivity index (χ0n) is 27.1. The molecule has 0 atom stereocenters. The third-order valence-corrected chi connectivity index (χ3v) is 12.3. The molecule has 51 heavy (non-hydrogen) atoms. The van der Waals surface area contributed by atoms with Crippen molar-refractivity contribution in [1.82, 2.24) is 19.5 Å². The topological polar surface area (TPSA) is 43.6 Å². The Balaban J connectivity index is 1.16. The van der Waals surface area contributed by atoms with E-state index in [9.17, 15) is 0 Å². The second-order valence-corrected chi connectivity index (χ2v) is 14.9. The van der Waals surface area contributed by atoms with Gasteiger partial charge in [0, 0.05) is 73.5 Å². The molecule has 0 aliphatic rings. The summed E-state index contributed by atoms with van der Waals surface area (Å²) in [6.07, 6.45) is 0. The van der Waals surface area contributed by atoms with Gasteiger partial charge < -0.3 is 4.57 Å². The van der Waals surface area contributed by atoms with Gasteiger partial charge in [-0.05, 0) is 42.5 Å². The van der Waals surface area contributed by atoms with E-state index >= 15 is 0 Å². The molecule has 0 bridgehead atoms. The predicted octanol–water partition coefficient (Wildman–Crippen LogP) is 12.7. The van der Waals surface area contributed by atoms with E-state index in [4.69, 9.17) is 15.0 Å². The Kier molecular flexibility index (Phi) is 6.26. The molecule has 4 heterocycles. The van der Waals surface area contributed by atoms with E-state index in [1.165, 1.54) is 67.8 Å². The Morgan fingerprint density at radius 1 is 0.392 bits per heavy atom. The zero-order chi connectivity index (χ0) is 33.5. The number of thiophene rings is 2. The Bertz CT molecular complexity index is 3030. The number of hydrogen-bond donors (Lipinski definition) is 0. The van der Waals surface area contributed by atoms with Gasteiger partial charge in [-0.15, -0.1) is 22.7 Å². The van der Waals surface area contributed by atoms with E-state index in [1.807, 2.05) is 59.1 Å². The minimum atomic E-state index is 0.668. The lowest BCUT2D eigenvalue weighted by molar-refractivity contribution is 1.08. The molecular formula is C45H26N4S2. The first-order valence-corrected chi connectivity index (χ1v) is 18.6. The average Bonchev–Trinajstić information content (AvgIpc) is 3.87. The van der Waals surface area contributed by atoms with Gasteiger partial charge in [0.1, 0.15) is 0 Å². The predicted molar refractivity (Wildman–Crippen MR) is 216 cm³/mol. The second kappa shape index (κ2) is 11.2. The maximum Gasteiger partial charge on any atom is 0.165 e. The normalized spacial score (nSPS) is 11.9. The summed E-state index contributed by atoms with van der Waals surface area (Å²) in [5, 5.41) is 7.61. The molecule has 0 radical (unpaired) electrons. The molecule has 0 unspecified atom stereocenters. The molecule has 238 valence electrons. The molecule has 0 saturated heterocycles. The van der Waals surface area contributed by atoms with Crippen LogP contribution in [0.25, 0.3) is 102 Å². The van der Waals surface area contributed by atoms with Crippen LogP contribution in [-0.2, 0) is 0 Å². The van der Waals surface area contributed by atoms with Gasteiger partial charge in [-0.25, -0.2) is 15.0 Å². The highest BCUT2D eigenvalue weighted by atomic mass is 32.1. The van der Waals surface area contributed by atoms with Crippen molar-refractivity contribution in [2.45, 2.75) is 0 Å². The number of hydrogen-bond acceptors (Lipinski definition) is 5. The minimum absolute atomic E-state index is 0.668. The van der Waals surface area contributed by atoms with Crippen molar-refractivity contribution in [2.24, 2.45) is 0 Å². The molecule has 11 aromatic rings. The Morgan fingerprint density at radius 3 is 1.65 bits per heavy atom. The van der Waals surface area contributed by atoms with E-state index < -0.39 is 0 Å². The van der Waals surface area contributed by atoms with Crippen molar-refractivity contribution in [1.29, 1.82) is 0 Å². The quantitative estimate of drug-likeness (QED) is 0.185. The summed E-state index contributed by atoms with van der Waals surface area (Å²) in [6.45, 7) is 0. The van der Waals surface area contributed by atoms with Crippen molar-refractivity contribution in [3.63, 3.8) is 0 Å². The van der Waals surface area contributed by atoms with Crippen molar-refractivity contribution in [3.05, 3.63) is 158 Å². The summed E-state index contributed by atoms with van der Waals surface area (Å²) in [5.74, 6) is 2.02. The van der Waals surface area contributed by atoms with Crippen LogP contribution in [0.3, 0.4) is 0 Å². The third kappa shape index (κ3) is 4.40. The van der Waals surface area contributed by atoms with Crippen LogP contribution in [0.4, 0.5) is 0 Å². The first-order chi connectivity index (χ1) is 25.3. The van der Waals surface area contributed by atoms with E-state index in [1.54, 1.807) is 0 Å². The Morgan fingerprint density at radius 2 is 0.961 bits per heavy atom. The first kappa shape index (κ1) is 28.6. The monoisotopic (exact) mass is 686 g/mol. The van der Waals surface area contributed by atoms with Crippen LogP contribution in [-0.4, -0.2) is 19.5 Å². The van der Waals surface area contributed by atoms with Gasteiger partial charge >= 0.3 is 0 Å². The smallest absolute Gasteiger partial charge is 0.165 e. The van der Waals surface area contributed by atoms with Gasteiger partial charge in [-0.3, -0.25) is 0 Å². The van der Waals surface area contributed by atoms with Crippen molar-refractivity contribution in [2.75, 3.05) is 0 Å². The molecule has 4 nitrogen and oxygen atoms in total. The molecule has 7 aromatic carbocycles. The lowest BCUT2D eigenvalue weighted by Gasteiger charge is -2.09. The van der Waals surface area contributed by atoms with E-state index in [0.717, 1.165) is 16.7 Å². The largest absolute Gasteiger partial charge is 0.309 e. The van der Waals surface area contributed by atoms with Gasteiger partial charge in [-0.2, -0.15) is 0 Å². The highest BCUT2D eigenvalue weighted by molar-refractivity contribution is 7.30. The Hall–Kier alpha value is -6.21. The fraction of sp³-hybridized carbons (Fsp3) is 0. The van der Waals surface area contributed by atoms with Gasteiger partial charge in [0.05, 0.1) is 11.0 Å². The minimum Gasteiger partial charge on any atom is -0.309 e. The number of rotatable bonds is 4. The maximum atomic E-state index is 5.10. The molecule has 0 fully saturated rings. The van der Waals surface area contributed by atoms with Crippen molar-refractivity contribution < 1.29 is 0 Å². The molecule has 6 heteroatoms. The molecule has 0 aliphatic carbocycles. The molecule has 0 N–H and O–H groups in total. The average molecular weight is 687 g/mol. The lowest BCUT2D eigenvalue weighted by atomic mass is 10.1. The lowest BCUT2D eigenvalue weighted by Crippen LogP contribution is -2.00. The fourth-order valence-electron chi connectivity index (χ4n) is 7.55. The molecule has 0 aliphatic heterocycles. The van der Waals surface area contributed by atoms with Crippen LogP contribution in [0.2, 0.25) is 0 Å². The highest BCUT2D eigenvalue weighted by Gasteiger charge is 2.20. The summed E-state index contributed by atoms with van der Waals surface area (Å²) in [7, 11) is 0. The standard InChI is InChI=1S/C45H26N4S2/c1-3-12-27(13-4-1)43-46-44(28-14-5-2-6-15-28)48-45(47-43)34-19-11-18-32-33-23-25-39-40(42(33)51-41(32)34)35-26-29(22-24-38(35)50-39)49-36-20-9-7-16-30(36)31-17-8-10-21-37(31)49/h1-26H. The summed E-state index contributed by atoms with van der Waals surface area (Å²) in [4.78, 5) is 15.1. The number of fused-ring (bicyclic) bond motifs is 10. The molecule has 11 rings (SSSR count). The maximum absolute atomic E-state index is 5.10. The summed E-state index contributed by atoms with van der Waals surface area (Å²) >= 11 is 3.71. The van der Waals surface area contributed by atoms with Gasteiger partial charge in [0.15, 0.2) is 17.5 Å². The molecule has 0 saturated carbocycles. The van der Waals surface area contributed by atoms with Gasteiger partial charge in [-0.1, -0.05) is 115 Å². The number of benzene rings is 7. The number of aromatic nitrogens is 4. The molecular weight excluding hydrogens is 661 g/mol. The zero-order valence-corrected chi connectivity index (χ0v) is 28.7. The Labute approximate surface area is 300 Å². The first-order valence-electron chi connectivity index (χ1n) is 16.9. The van der Waals surface area contributed by atoms with Gasteiger partial charge in [0.25, 0.3) is 0 Å². The molecule has 0 spiro atoms. The van der Waals surface area contributed by atoms with Crippen LogP contribution in [0.5, 0.6) is 0 Å². The van der Waals surface area contributed by atoms with Crippen LogP contribution >= 0.6 is 22.7 Å². The summed E-state index contributed by atoms with van der Waals surface area (Å²) in [6, 6.07) is 55.8. The van der Waals surface area contributed by atoms with Crippen LogP contribution < -0.4 is 0 Å². The van der Waals surface area contributed by atoms with E-state index in [2.05, 4.69) is 126 Å². The summed E-state index contributed by atoms with van der Waals surface area (Å²) in [5.41, 5.74) is 6.56. The van der Waals surface area contributed by atoms with Crippen LogP contribution in [0.15, 0.2) is 158 Å². The number of nitrogens with zero attached hydrogens (tertiary/aromatic N) is 4. The summed E-state index contributed by atoms with van der Waals surface area (Å²) < 4.78 is 7.47. The van der Waals surface area contributed by atoms with E-state index in [-0.39, 0.29) is 0 Å². The van der Waals surface area contributed by atoms with E-state index in [0.29, 0.717) is 17.5 Å². The molecule has 0 amide bonds. The third-order valence-electron chi connectivity index (χ3n) is 9.86. The molecule has 4 aromatic heterocycles. The van der Waals surface area contributed by atoms with Crippen LogP contribution in [0, 0.1) is 0 Å². The van der Waals surface area contributed by atoms with Gasteiger partial charge in [0.2, 0.25) is 0 Å². The highest BCUT2D eigenvalue weighted by Crippen LogP contribution is 2.47. The van der Waals surface area contributed by atoms with Crippen LogP contribution in [0.1, 0.15) is 0 Å². The fourth-order valence-corrected chi connectivity index (χ4v) is 10.1.